The Morgan fingerprint density at radius 3 is 2.31 bits per heavy atom. The van der Waals surface area contributed by atoms with Gasteiger partial charge in [0.05, 0.1) is 23.5 Å². The van der Waals surface area contributed by atoms with Crippen LogP contribution in [0.5, 0.6) is 5.88 Å². The third kappa shape index (κ3) is 10.2. The van der Waals surface area contributed by atoms with Crippen molar-refractivity contribution >= 4 is 28.9 Å². The van der Waals surface area contributed by atoms with Gasteiger partial charge in [-0.25, -0.2) is 14.4 Å². The SMILES string of the molecule is CCCCCCC(CCCCCC)C(=O)OCOc1ccnc(N(C)C2CCN(c3nc4ccccc4n3Cc3ccc(F)cc3)CC2)n1. The van der Waals surface area contributed by atoms with Crippen molar-refractivity contribution in [2.75, 3.05) is 36.7 Å². The van der Waals surface area contributed by atoms with Crippen LogP contribution in [-0.4, -0.2) is 58.5 Å². The zero-order valence-electron chi connectivity index (χ0n) is 29.5. The van der Waals surface area contributed by atoms with Crippen LogP contribution in [0.1, 0.15) is 96.5 Å². The number of carbonyl (C=O) groups excluding carboxylic acids is 1. The summed E-state index contributed by atoms with van der Waals surface area (Å²) in [5.41, 5.74) is 3.04. The molecule has 0 unspecified atom stereocenters. The van der Waals surface area contributed by atoms with E-state index in [-0.39, 0.29) is 30.5 Å². The molecule has 0 amide bonds. The molecular weight excluding hydrogens is 619 g/mol. The van der Waals surface area contributed by atoms with Crippen LogP contribution in [0.4, 0.5) is 16.3 Å². The van der Waals surface area contributed by atoms with Gasteiger partial charge in [0.15, 0.2) is 0 Å². The van der Waals surface area contributed by atoms with Gasteiger partial charge in [-0.05, 0) is 55.5 Å². The highest BCUT2D eigenvalue weighted by Gasteiger charge is 2.27. The molecule has 5 rings (SSSR count). The van der Waals surface area contributed by atoms with Crippen molar-refractivity contribution in [1.29, 1.82) is 0 Å². The molecular formula is C39H53FN6O3. The predicted octanol–water partition coefficient (Wildman–Crippen LogP) is 8.56. The lowest BCUT2D eigenvalue weighted by Gasteiger charge is -2.37. The van der Waals surface area contributed by atoms with E-state index in [2.05, 4.69) is 44.2 Å². The number of piperidine rings is 1. The van der Waals surface area contributed by atoms with Crippen LogP contribution in [0.3, 0.4) is 0 Å². The van der Waals surface area contributed by atoms with E-state index in [1.165, 1.54) is 37.8 Å². The van der Waals surface area contributed by atoms with E-state index in [0.29, 0.717) is 18.4 Å². The van der Waals surface area contributed by atoms with Gasteiger partial charge in [-0.3, -0.25) is 4.79 Å². The number of para-hydroxylation sites is 2. The molecule has 0 spiro atoms. The Morgan fingerprint density at radius 1 is 0.918 bits per heavy atom. The van der Waals surface area contributed by atoms with Crippen LogP contribution in [0.15, 0.2) is 60.8 Å². The highest BCUT2D eigenvalue weighted by atomic mass is 19.1. The summed E-state index contributed by atoms with van der Waals surface area (Å²) in [6.07, 6.45) is 14.4. The number of hydrogen-bond acceptors (Lipinski definition) is 8. The van der Waals surface area contributed by atoms with Gasteiger partial charge in [0.1, 0.15) is 5.82 Å². The van der Waals surface area contributed by atoms with Gasteiger partial charge in [-0.2, -0.15) is 4.98 Å². The topological polar surface area (TPSA) is 85.6 Å². The molecule has 49 heavy (non-hydrogen) atoms. The zero-order chi connectivity index (χ0) is 34.4. The average Bonchev–Trinajstić information content (AvgIpc) is 3.49. The van der Waals surface area contributed by atoms with E-state index in [4.69, 9.17) is 14.5 Å². The van der Waals surface area contributed by atoms with E-state index in [0.717, 1.165) is 87.0 Å². The molecule has 4 aromatic rings. The monoisotopic (exact) mass is 672 g/mol. The standard InChI is InChI=1S/C39H53FN6O3/c1-4-6-8-10-14-31(15-11-9-7-5-2)37(47)49-29-48-36-22-25-41-38(43-36)44(3)33-23-26-45(27-24-33)39-42-34-16-12-13-17-35(34)46(39)28-30-18-20-32(40)21-19-30/h12-13,16-22,25,31,33H,4-11,14-15,23-24,26-29H2,1-3H3. The number of ether oxygens (including phenoxy) is 2. The molecule has 0 N–H and O–H groups in total. The number of hydrogen-bond donors (Lipinski definition) is 0. The van der Waals surface area contributed by atoms with Crippen molar-refractivity contribution in [1.82, 2.24) is 19.5 Å². The van der Waals surface area contributed by atoms with Crippen LogP contribution in [0.25, 0.3) is 11.0 Å². The fourth-order valence-electron chi connectivity index (χ4n) is 6.71. The Morgan fingerprint density at radius 2 is 1.61 bits per heavy atom. The van der Waals surface area contributed by atoms with Gasteiger partial charge in [0.25, 0.3) is 0 Å². The summed E-state index contributed by atoms with van der Waals surface area (Å²) in [7, 11) is 2.02. The molecule has 3 heterocycles. The number of carbonyl (C=O) groups is 1. The maximum Gasteiger partial charge on any atom is 0.311 e. The summed E-state index contributed by atoms with van der Waals surface area (Å²) >= 11 is 0. The van der Waals surface area contributed by atoms with Gasteiger partial charge in [-0.1, -0.05) is 89.5 Å². The van der Waals surface area contributed by atoms with E-state index >= 15 is 0 Å². The quantitative estimate of drug-likeness (QED) is 0.0557. The first kappa shape index (κ1) is 36.1. The number of fused-ring (bicyclic) bond motifs is 1. The van der Waals surface area contributed by atoms with Gasteiger partial charge < -0.3 is 23.8 Å². The molecule has 264 valence electrons. The number of esters is 1. The number of imidazole rings is 1. The molecule has 1 aliphatic heterocycles. The molecule has 0 aliphatic carbocycles. The number of anilines is 2. The summed E-state index contributed by atoms with van der Waals surface area (Å²) in [6, 6.07) is 16.8. The number of nitrogens with zero attached hydrogens (tertiary/aromatic N) is 6. The summed E-state index contributed by atoms with van der Waals surface area (Å²) in [6.45, 7) is 6.51. The molecule has 10 heteroatoms. The first-order chi connectivity index (χ1) is 24.0. The van der Waals surface area contributed by atoms with Crippen molar-refractivity contribution in [3.8, 4) is 5.88 Å². The second kappa shape index (κ2) is 18.5. The first-order valence-electron chi connectivity index (χ1n) is 18.3. The van der Waals surface area contributed by atoms with E-state index in [9.17, 15) is 9.18 Å². The van der Waals surface area contributed by atoms with E-state index < -0.39 is 0 Å². The Bertz CT molecular complexity index is 1580. The van der Waals surface area contributed by atoms with Gasteiger partial charge in [0, 0.05) is 38.4 Å². The minimum Gasteiger partial charge on any atom is -0.440 e. The minimum absolute atomic E-state index is 0.0744. The second-order valence-electron chi connectivity index (χ2n) is 13.3. The van der Waals surface area contributed by atoms with E-state index in [1.807, 2.05) is 37.4 Å². The molecule has 2 aromatic carbocycles. The largest absolute Gasteiger partial charge is 0.440 e. The van der Waals surface area contributed by atoms with Gasteiger partial charge >= 0.3 is 5.97 Å². The Balaban J connectivity index is 1.15. The maximum atomic E-state index is 13.6. The second-order valence-corrected chi connectivity index (χ2v) is 13.3. The van der Waals surface area contributed by atoms with Crippen molar-refractivity contribution in [2.45, 2.75) is 103 Å². The Kier molecular flexibility index (Phi) is 13.6. The average molecular weight is 673 g/mol. The number of benzene rings is 2. The van der Waals surface area contributed by atoms with Crippen LogP contribution in [0, 0.1) is 11.7 Å². The van der Waals surface area contributed by atoms with Crippen LogP contribution in [0.2, 0.25) is 0 Å². The smallest absolute Gasteiger partial charge is 0.311 e. The molecule has 0 radical (unpaired) electrons. The number of unbranched alkanes of at least 4 members (excludes halogenated alkanes) is 6. The molecule has 2 aromatic heterocycles. The fraction of sp³-hybridized carbons (Fsp3) is 0.538. The normalized spacial score (nSPS) is 13.7. The van der Waals surface area contributed by atoms with Gasteiger partial charge in [0.2, 0.25) is 24.6 Å². The zero-order valence-corrected chi connectivity index (χ0v) is 29.5. The molecule has 9 nitrogen and oxygen atoms in total. The Labute approximate surface area is 290 Å². The minimum atomic E-state index is -0.236. The van der Waals surface area contributed by atoms with Crippen LogP contribution >= 0.6 is 0 Å². The highest BCUT2D eigenvalue weighted by molar-refractivity contribution is 5.79. The van der Waals surface area contributed by atoms with Crippen LogP contribution in [-0.2, 0) is 16.1 Å². The molecule has 0 bridgehead atoms. The van der Waals surface area contributed by atoms with Gasteiger partial charge in [-0.15, -0.1) is 0 Å². The lowest BCUT2D eigenvalue weighted by molar-refractivity contribution is -0.156. The number of aromatic nitrogens is 4. The summed E-state index contributed by atoms with van der Waals surface area (Å²) < 4.78 is 27.2. The van der Waals surface area contributed by atoms with Crippen molar-refractivity contribution in [2.24, 2.45) is 5.92 Å². The van der Waals surface area contributed by atoms with Crippen molar-refractivity contribution in [3.05, 3.63) is 72.2 Å². The highest BCUT2D eigenvalue weighted by Crippen LogP contribution is 2.29. The van der Waals surface area contributed by atoms with Crippen LogP contribution < -0.4 is 14.5 Å². The Hall–Kier alpha value is -4.21. The predicted molar refractivity (Wildman–Crippen MR) is 193 cm³/mol. The molecule has 1 saturated heterocycles. The summed E-state index contributed by atoms with van der Waals surface area (Å²) in [5, 5.41) is 0. The molecule has 0 atom stereocenters. The number of halogens is 1. The summed E-state index contributed by atoms with van der Waals surface area (Å²) in [5.74, 6) is 1.42. The lowest BCUT2D eigenvalue weighted by atomic mass is 9.94. The molecule has 1 aliphatic rings. The van der Waals surface area contributed by atoms with E-state index in [1.54, 1.807) is 12.3 Å². The third-order valence-corrected chi connectivity index (χ3v) is 9.67. The first-order valence-corrected chi connectivity index (χ1v) is 18.3. The van der Waals surface area contributed by atoms with Crippen molar-refractivity contribution in [3.63, 3.8) is 0 Å². The van der Waals surface area contributed by atoms with Crippen molar-refractivity contribution < 1.29 is 18.7 Å². The molecule has 1 fully saturated rings. The third-order valence-electron chi connectivity index (χ3n) is 9.67. The maximum absolute atomic E-state index is 13.6. The summed E-state index contributed by atoms with van der Waals surface area (Å²) in [4.78, 5) is 31.6. The fourth-order valence-corrected chi connectivity index (χ4v) is 6.71. The molecule has 0 saturated carbocycles. The number of rotatable bonds is 19. The lowest BCUT2D eigenvalue weighted by Crippen LogP contribution is -2.44.